The molecule has 0 aliphatic carbocycles. The maximum absolute atomic E-state index is 14.5. The molecule has 0 N–H and O–H groups in total. The zero-order valence-electron chi connectivity index (χ0n) is 16.3. The highest BCUT2D eigenvalue weighted by atomic mass is 32.2. The second-order valence-corrected chi connectivity index (χ2v) is 8.21. The molecule has 1 aromatic heterocycles. The number of aromatic nitrogens is 2. The van der Waals surface area contributed by atoms with Gasteiger partial charge in [-0.15, -0.1) is 0 Å². The summed E-state index contributed by atoms with van der Waals surface area (Å²) in [5.41, 5.74) is 2.69. The van der Waals surface area contributed by atoms with Crippen molar-refractivity contribution < 1.29 is 13.9 Å². The van der Waals surface area contributed by atoms with E-state index in [1.54, 1.807) is 36.9 Å². The summed E-state index contributed by atoms with van der Waals surface area (Å²) in [5.74, 6) is -0.437. The van der Waals surface area contributed by atoms with Gasteiger partial charge in [0, 0.05) is 24.4 Å². The SMILES string of the molecule is CCOc1ccc(-c2nn(-c3ccccc3)cc2C=C2SC(=S)N(C)C2=O)cc1F. The van der Waals surface area contributed by atoms with Crippen LogP contribution in [0.2, 0.25) is 0 Å². The van der Waals surface area contributed by atoms with E-state index in [2.05, 4.69) is 5.10 Å². The van der Waals surface area contributed by atoms with Gasteiger partial charge in [-0.05, 0) is 43.3 Å². The molecular weight excluding hydrogens is 421 g/mol. The van der Waals surface area contributed by atoms with Gasteiger partial charge in [-0.2, -0.15) is 5.10 Å². The number of rotatable bonds is 5. The molecule has 0 spiro atoms. The Morgan fingerprint density at radius 1 is 1.23 bits per heavy atom. The monoisotopic (exact) mass is 439 g/mol. The fourth-order valence-electron chi connectivity index (χ4n) is 3.04. The Labute approximate surface area is 183 Å². The predicted octanol–water partition coefficient (Wildman–Crippen LogP) is 4.91. The molecule has 0 saturated carbocycles. The molecule has 1 aliphatic rings. The minimum atomic E-state index is -0.463. The molecule has 5 nitrogen and oxygen atoms in total. The number of thioether (sulfide) groups is 1. The average Bonchev–Trinajstić information content (AvgIpc) is 3.27. The molecule has 30 heavy (non-hydrogen) atoms. The summed E-state index contributed by atoms with van der Waals surface area (Å²) in [5, 5.41) is 4.67. The highest BCUT2D eigenvalue weighted by Gasteiger charge is 2.29. The van der Waals surface area contributed by atoms with Crippen molar-refractivity contribution in [3.63, 3.8) is 0 Å². The fourth-order valence-corrected chi connectivity index (χ4v) is 4.21. The zero-order chi connectivity index (χ0) is 21.3. The van der Waals surface area contributed by atoms with Gasteiger partial charge >= 0.3 is 0 Å². The number of nitrogens with zero attached hydrogens (tertiary/aromatic N) is 3. The van der Waals surface area contributed by atoms with Crippen LogP contribution in [0.4, 0.5) is 4.39 Å². The van der Waals surface area contributed by atoms with E-state index < -0.39 is 5.82 Å². The minimum absolute atomic E-state index is 0.165. The summed E-state index contributed by atoms with van der Waals surface area (Å²) in [6.07, 6.45) is 3.57. The number of halogens is 1. The van der Waals surface area contributed by atoms with Crippen molar-refractivity contribution in [3.05, 3.63) is 71.0 Å². The van der Waals surface area contributed by atoms with Crippen molar-refractivity contribution in [2.75, 3.05) is 13.7 Å². The van der Waals surface area contributed by atoms with Crippen LogP contribution in [0.5, 0.6) is 5.75 Å². The summed E-state index contributed by atoms with van der Waals surface area (Å²) < 4.78 is 22.0. The number of thiocarbonyl (C=S) groups is 1. The molecule has 0 radical (unpaired) electrons. The molecular formula is C22H18FN3O2S2. The van der Waals surface area contributed by atoms with Crippen molar-refractivity contribution >= 4 is 40.3 Å². The van der Waals surface area contributed by atoms with Gasteiger partial charge in [0.25, 0.3) is 5.91 Å². The van der Waals surface area contributed by atoms with Gasteiger partial charge in [0.2, 0.25) is 0 Å². The summed E-state index contributed by atoms with van der Waals surface area (Å²) in [6, 6.07) is 14.3. The third kappa shape index (κ3) is 3.88. The van der Waals surface area contributed by atoms with Gasteiger partial charge in [0.1, 0.15) is 10.0 Å². The lowest BCUT2D eigenvalue weighted by Gasteiger charge is -2.06. The van der Waals surface area contributed by atoms with Crippen molar-refractivity contribution in [2.45, 2.75) is 6.92 Å². The van der Waals surface area contributed by atoms with E-state index in [4.69, 9.17) is 17.0 Å². The Morgan fingerprint density at radius 2 is 2.00 bits per heavy atom. The lowest BCUT2D eigenvalue weighted by Crippen LogP contribution is -2.22. The van der Waals surface area contributed by atoms with Crippen molar-refractivity contribution in [2.24, 2.45) is 0 Å². The largest absolute Gasteiger partial charge is 0.491 e. The zero-order valence-corrected chi connectivity index (χ0v) is 18.0. The van der Waals surface area contributed by atoms with E-state index in [9.17, 15) is 9.18 Å². The second-order valence-electron chi connectivity index (χ2n) is 6.53. The molecule has 1 amide bonds. The third-order valence-corrected chi connectivity index (χ3v) is 6.03. The van der Waals surface area contributed by atoms with Gasteiger partial charge in [0.15, 0.2) is 11.6 Å². The van der Waals surface area contributed by atoms with E-state index in [-0.39, 0.29) is 11.7 Å². The predicted molar refractivity (Wildman–Crippen MR) is 121 cm³/mol. The minimum Gasteiger partial charge on any atom is -0.491 e. The first-order valence-corrected chi connectivity index (χ1v) is 10.5. The van der Waals surface area contributed by atoms with E-state index in [1.807, 2.05) is 36.5 Å². The van der Waals surface area contributed by atoms with Crippen LogP contribution in [-0.2, 0) is 4.79 Å². The summed E-state index contributed by atoms with van der Waals surface area (Å²) in [4.78, 5) is 14.4. The highest BCUT2D eigenvalue weighted by molar-refractivity contribution is 8.26. The van der Waals surface area contributed by atoms with E-state index in [0.717, 1.165) is 5.69 Å². The molecule has 1 saturated heterocycles. The Bertz CT molecular complexity index is 1160. The summed E-state index contributed by atoms with van der Waals surface area (Å²) in [6.45, 7) is 2.18. The summed E-state index contributed by atoms with van der Waals surface area (Å²) in [7, 11) is 1.65. The third-order valence-electron chi connectivity index (χ3n) is 4.54. The number of amides is 1. The van der Waals surface area contributed by atoms with Gasteiger partial charge in [-0.25, -0.2) is 9.07 Å². The number of carbonyl (C=O) groups excluding carboxylic acids is 1. The molecule has 1 fully saturated rings. The van der Waals surface area contributed by atoms with Crippen LogP contribution >= 0.6 is 24.0 Å². The molecule has 8 heteroatoms. The molecule has 2 heterocycles. The Morgan fingerprint density at radius 3 is 2.63 bits per heavy atom. The van der Waals surface area contributed by atoms with Crippen molar-refractivity contribution in [3.8, 4) is 22.7 Å². The number of para-hydroxylation sites is 1. The van der Waals surface area contributed by atoms with Crippen LogP contribution in [0, 0.1) is 5.82 Å². The number of likely N-dealkylation sites (N-methyl/N-ethyl adjacent to an activating group) is 1. The molecule has 1 aliphatic heterocycles. The number of hydrogen-bond acceptors (Lipinski definition) is 5. The number of hydrogen-bond donors (Lipinski definition) is 0. The quantitative estimate of drug-likeness (QED) is 0.418. The topological polar surface area (TPSA) is 47.4 Å². The second kappa shape index (κ2) is 8.41. The maximum Gasteiger partial charge on any atom is 0.265 e. The van der Waals surface area contributed by atoms with E-state index in [1.165, 1.54) is 22.7 Å². The first kappa shape index (κ1) is 20.3. The van der Waals surface area contributed by atoms with Crippen molar-refractivity contribution in [1.82, 2.24) is 14.7 Å². The van der Waals surface area contributed by atoms with Crippen LogP contribution in [0.15, 0.2) is 59.6 Å². The average molecular weight is 440 g/mol. The van der Waals surface area contributed by atoms with Crippen LogP contribution in [-0.4, -0.2) is 38.6 Å². The maximum atomic E-state index is 14.5. The smallest absolute Gasteiger partial charge is 0.265 e. The standard InChI is InChI=1S/C22H18FN3O2S2/c1-3-28-18-10-9-14(11-17(18)23)20-15(12-19-21(27)25(2)22(29)30-19)13-26(24-20)16-7-5-4-6-8-16/h4-13H,3H2,1-2H3. The van der Waals surface area contributed by atoms with Crippen LogP contribution in [0.3, 0.4) is 0 Å². The molecule has 0 unspecified atom stereocenters. The van der Waals surface area contributed by atoms with Gasteiger partial charge < -0.3 is 4.74 Å². The Hall–Kier alpha value is -2.97. The van der Waals surface area contributed by atoms with Gasteiger partial charge in [-0.3, -0.25) is 9.69 Å². The van der Waals surface area contributed by atoms with Crippen LogP contribution in [0.1, 0.15) is 12.5 Å². The first-order valence-electron chi connectivity index (χ1n) is 9.27. The summed E-state index contributed by atoms with van der Waals surface area (Å²) >= 11 is 6.45. The number of ether oxygens (including phenoxy) is 1. The molecule has 152 valence electrons. The molecule has 4 rings (SSSR count). The van der Waals surface area contributed by atoms with Gasteiger partial charge in [0.05, 0.1) is 17.2 Å². The van der Waals surface area contributed by atoms with Crippen LogP contribution in [0.25, 0.3) is 23.0 Å². The van der Waals surface area contributed by atoms with E-state index in [0.29, 0.717) is 32.7 Å². The molecule has 0 bridgehead atoms. The Balaban J connectivity index is 1.83. The number of benzene rings is 2. The first-order chi connectivity index (χ1) is 14.5. The van der Waals surface area contributed by atoms with Crippen molar-refractivity contribution in [1.29, 1.82) is 0 Å². The van der Waals surface area contributed by atoms with E-state index >= 15 is 0 Å². The lowest BCUT2D eigenvalue weighted by atomic mass is 10.1. The van der Waals surface area contributed by atoms with Crippen LogP contribution < -0.4 is 4.74 Å². The lowest BCUT2D eigenvalue weighted by molar-refractivity contribution is -0.121. The fraction of sp³-hybridized carbons (Fsp3) is 0.136. The molecule has 0 atom stereocenters. The molecule has 3 aromatic rings. The normalized spacial score (nSPS) is 15.3. The highest BCUT2D eigenvalue weighted by Crippen LogP contribution is 2.34. The van der Waals surface area contributed by atoms with Gasteiger partial charge in [-0.1, -0.05) is 42.2 Å². The molecule has 2 aromatic carbocycles. The number of carbonyl (C=O) groups is 1. The Kier molecular flexibility index (Phi) is 5.69.